The summed E-state index contributed by atoms with van der Waals surface area (Å²) < 4.78 is 39.6. The van der Waals surface area contributed by atoms with E-state index in [1.54, 1.807) is 12.1 Å². The average Bonchev–Trinajstić information content (AvgIpc) is 2.84. The van der Waals surface area contributed by atoms with E-state index in [1.807, 2.05) is 6.92 Å². The highest BCUT2D eigenvalue weighted by Gasteiger charge is 2.16. The van der Waals surface area contributed by atoms with Gasteiger partial charge in [-0.1, -0.05) is 6.92 Å². The third-order valence-electron chi connectivity index (χ3n) is 2.73. The molecule has 1 unspecified atom stereocenters. The Morgan fingerprint density at radius 2 is 1.83 bits per heavy atom. The Morgan fingerprint density at radius 1 is 1.11 bits per heavy atom. The van der Waals surface area contributed by atoms with Crippen molar-refractivity contribution in [3.8, 4) is 10.4 Å². The lowest BCUT2D eigenvalue weighted by Crippen LogP contribution is -2.05. The van der Waals surface area contributed by atoms with E-state index in [2.05, 4.69) is 0 Å². The molecule has 96 valence electrons. The minimum Gasteiger partial charge on any atom is -0.323 e. The van der Waals surface area contributed by atoms with Crippen molar-refractivity contribution in [1.82, 2.24) is 0 Å². The summed E-state index contributed by atoms with van der Waals surface area (Å²) in [6.45, 7) is 1.95. The fourth-order valence-corrected chi connectivity index (χ4v) is 2.73. The topological polar surface area (TPSA) is 26.0 Å². The zero-order chi connectivity index (χ0) is 13.3. The van der Waals surface area contributed by atoms with Crippen LogP contribution in [0, 0.1) is 17.5 Å². The molecule has 1 nitrogen and oxygen atoms in total. The molecule has 0 saturated carbocycles. The van der Waals surface area contributed by atoms with Crippen molar-refractivity contribution in [2.24, 2.45) is 5.73 Å². The van der Waals surface area contributed by atoms with Gasteiger partial charge < -0.3 is 5.73 Å². The number of halogens is 3. The van der Waals surface area contributed by atoms with E-state index in [0.29, 0.717) is 4.88 Å². The quantitative estimate of drug-likeness (QED) is 0.830. The monoisotopic (exact) mass is 271 g/mol. The molecule has 0 fully saturated rings. The van der Waals surface area contributed by atoms with Gasteiger partial charge in [0.1, 0.15) is 0 Å². The van der Waals surface area contributed by atoms with E-state index in [0.717, 1.165) is 17.4 Å². The Labute approximate surface area is 107 Å². The van der Waals surface area contributed by atoms with Crippen LogP contribution in [0.3, 0.4) is 0 Å². The normalized spacial score (nSPS) is 12.7. The zero-order valence-corrected chi connectivity index (χ0v) is 10.5. The van der Waals surface area contributed by atoms with Crippen molar-refractivity contribution >= 4 is 11.3 Å². The number of benzene rings is 1. The highest BCUT2D eigenvalue weighted by atomic mass is 32.1. The van der Waals surface area contributed by atoms with Gasteiger partial charge in [-0.05, 0) is 30.7 Å². The average molecular weight is 271 g/mol. The third kappa shape index (κ3) is 2.28. The lowest BCUT2D eigenvalue weighted by Gasteiger charge is -2.05. The molecule has 0 amide bonds. The summed E-state index contributed by atoms with van der Waals surface area (Å²) in [4.78, 5) is 1.45. The molecule has 18 heavy (non-hydrogen) atoms. The molecule has 1 atom stereocenters. The molecule has 0 saturated heterocycles. The van der Waals surface area contributed by atoms with Gasteiger partial charge in [0, 0.05) is 21.4 Å². The molecular formula is C13H12F3NS. The molecule has 0 spiro atoms. The maximum Gasteiger partial charge on any atom is 0.195 e. The van der Waals surface area contributed by atoms with Crippen molar-refractivity contribution < 1.29 is 13.2 Å². The molecule has 5 heteroatoms. The molecule has 2 aromatic rings. The summed E-state index contributed by atoms with van der Waals surface area (Å²) in [5, 5.41) is 0. The van der Waals surface area contributed by atoms with Gasteiger partial charge in [0.15, 0.2) is 17.5 Å². The van der Waals surface area contributed by atoms with Gasteiger partial charge in [-0.3, -0.25) is 0 Å². The zero-order valence-electron chi connectivity index (χ0n) is 9.71. The molecular weight excluding hydrogens is 259 g/mol. The highest BCUT2D eigenvalue weighted by Crippen LogP contribution is 2.34. The lowest BCUT2D eigenvalue weighted by molar-refractivity contribution is 0.449. The first kappa shape index (κ1) is 13.1. The van der Waals surface area contributed by atoms with Crippen molar-refractivity contribution in [3.63, 3.8) is 0 Å². The van der Waals surface area contributed by atoms with Crippen LogP contribution in [0.2, 0.25) is 0 Å². The second kappa shape index (κ2) is 5.12. The van der Waals surface area contributed by atoms with E-state index < -0.39 is 17.5 Å². The van der Waals surface area contributed by atoms with Gasteiger partial charge in [-0.2, -0.15) is 0 Å². The molecule has 1 heterocycles. The Bertz CT molecular complexity index is 565. The first-order valence-corrected chi connectivity index (χ1v) is 6.35. The van der Waals surface area contributed by atoms with Crippen LogP contribution in [0.4, 0.5) is 13.2 Å². The van der Waals surface area contributed by atoms with E-state index in [4.69, 9.17) is 5.73 Å². The molecule has 2 rings (SSSR count). The summed E-state index contributed by atoms with van der Waals surface area (Å²) >= 11 is 1.29. The largest absolute Gasteiger partial charge is 0.323 e. The number of thiophene rings is 1. The van der Waals surface area contributed by atoms with Crippen LogP contribution >= 0.6 is 11.3 Å². The van der Waals surface area contributed by atoms with Gasteiger partial charge in [-0.25, -0.2) is 13.2 Å². The minimum atomic E-state index is -1.44. The maximum atomic E-state index is 13.6. The van der Waals surface area contributed by atoms with Crippen LogP contribution in [0.25, 0.3) is 10.4 Å². The third-order valence-corrected chi connectivity index (χ3v) is 3.98. The molecule has 1 aromatic heterocycles. The van der Waals surface area contributed by atoms with Crippen LogP contribution in [0.5, 0.6) is 0 Å². The molecule has 0 radical (unpaired) electrons. The highest BCUT2D eigenvalue weighted by molar-refractivity contribution is 7.15. The number of rotatable bonds is 3. The number of nitrogens with two attached hydrogens (primary N) is 1. The fraction of sp³-hybridized carbons (Fsp3) is 0.231. The smallest absolute Gasteiger partial charge is 0.195 e. The molecule has 2 N–H and O–H groups in total. The Morgan fingerprint density at radius 3 is 2.50 bits per heavy atom. The molecule has 0 aliphatic carbocycles. The summed E-state index contributed by atoms with van der Waals surface area (Å²) in [6, 6.07) is 5.51. The number of hydrogen-bond donors (Lipinski definition) is 1. The summed E-state index contributed by atoms with van der Waals surface area (Å²) in [5.74, 6) is -3.78. The summed E-state index contributed by atoms with van der Waals surface area (Å²) in [7, 11) is 0. The first-order chi connectivity index (χ1) is 8.54. The van der Waals surface area contributed by atoms with Crippen molar-refractivity contribution in [2.75, 3.05) is 0 Å². The van der Waals surface area contributed by atoms with Crippen molar-refractivity contribution in [2.45, 2.75) is 19.4 Å². The van der Waals surface area contributed by atoms with Crippen LogP contribution in [0.1, 0.15) is 24.3 Å². The van der Waals surface area contributed by atoms with Crippen molar-refractivity contribution in [1.29, 1.82) is 0 Å². The van der Waals surface area contributed by atoms with Crippen LogP contribution in [-0.4, -0.2) is 0 Å². The van der Waals surface area contributed by atoms with E-state index in [-0.39, 0.29) is 11.6 Å². The Kier molecular flexibility index (Phi) is 3.73. The van der Waals surface area contributed by atoms with Gasteiger partial charge >= 0.3 is 0 Å². The maximum absolute atomic E-state index is 13.6. The Hall–Kier alpha value is -1.33. The van der Waals surface area contributed by atoms with E-state index >= 15 is 0 Å². The van der Waals surface area contributed by atoms with E-state index in [1.165, 1.54) is 17.4 Å². The predicted octanol–water partition coefficient (Wildman–Crippen LogP) is 4.24. The summed E-state index contributed by atoms with van der Waals surface area (Å²) in [6.07, 6.45) is 0.764. The van der Waals surface area contributed by atoms with Crippen LogP contribution in [-0.2, 0) is 0 Å². The van der Waals surface area contributed by atoms with Gasteiger partial charge in [0.25, 0.3) is 0 Å². The Balaban J connectivity index is 2.43. The first-order valence-electron chi connectivity index (χ1n) is 5.53. The number of hydrogen-bond acceptors (Lipinski definition) is 2. The molecule has 1 aromatic carbocycles. The SMILES string of the molecule is CCC(N)c1ccc(-c2ccc(F)c(F)c2F)s1. The van der Waals surface area contributed by atoms with E-state index in [9.17, 15) is 13.2 Å². The molecule has 0 aliphatic heterocycles. The van der Waals surface area contributed by atoms with Gasteiger partial charge in [-0.15, -0.1) is 11.3 Å². The lowest BCUT2D eigenvalue weighted by atomic mass is 10.1. The van der Waals surface area contributed by atoms with Gasteiger partial charge in [0.05, 0.1) is 0 Å². The molecule has 0 bridgehead atoms. The van der Waals surface area contributed by atoms with Crippen molar-refractivity contribution in [3.05, 3.63) is 46.6 Å². The summed E-state index contributed by atoms with van der Waals surface area (Å²) in [5.41, 5.74) is 5.92. The standard InChI is InChI=1S/C13H12F3NS/c1-2-9(17)11-6-5-10(18-11)7-3-4-8(14)13(16)12(7)15/h3-6,9H,2,17H2,1H3. The van der Waals surface area contributed by atoms with Gasteiger partial charge in [0.2, 0.25) is 0 Å². The fourth-order valence-electron chi connectivity index (χ4n) is 1.61. The van der Waals surface area contributed by atoms with Crippen LogP contribution in [0.15, 0.2) is 24.3 Å². The second-order valence-corrected chi connectivity index (χ2v) is 5.06. The predicted molar refractivity (Wildman–Crippen MR) is 66.8 cm³/mol. The molecule has 0 aliphatic rings. The minimum absolute atomic E-state index is 0.0634. The van der Waals surface area contributed by atoms with Crippen LogP contribution < -0.4 is 5.73 Å². The second-order valence-electron chi connectivity index (χ2n) is 3.94.